The highest BCUT2D eigenvalue weighted by Gasteiger charge is 2.40. The molecule has 1 saturated carbocycles. The molecule has 0 aromatic heterocycles. The largest absolute Gasteiger partial charge is 0.443 e. The number of amides is 1. The summed E-state index contributed by atoms with van der Waals surface area (Å²) in [5.41, 5.74) is 3.66. The number of fused-ring (bicyclic) bond motifs is 1. The Morgan fingerprint density at radius 2 is 2.00 bits per heavy atom. The second-order valence-electron chi connectivity index (χ2n) is 7.29. The van der Waals surface area contributed by atoms with Crippen molar-refractivity contribution in [1.82, 2.24) is 0 Å². The molecule has 1 aliphatic heterocycles. The van der Waals surface area contributed by atoms with Crippen LogP contribution in [0.4, 0.5) is 10.5 Å². The van der Waals surface area contributed by atoms with Gasteiger partial charge in [0.2, 0.25) is 0 Å². The third-order valence-electron chi connectivity index (χ3n) is 4.29. The molecule has 0 saturated heterocycles. The maximum Gasteiger partial charge on any atom is 0.414 e. The summed E-state index contributed by atoms with van der Waals surface area (Å²) in [5.74, 6) is 0. The molecule has 1 fully saturated rings. The molecule has 3 rings (SSSR count). The number of benzene rings is 1. The maximum atomic E-state index is 12.2. The molecule has 0 atom stereocenters. The van der Waals surface area contributed by atoms with Crippen LogP contribution in [0, 0.1) is 0 Å². The highest BCUT2D eigenvalue weighted by Crippen LogP contribution is 2.48. The van der Waals surface area contributed by atoms with Crippen LogP contribution >= 0.6 is 0 Å². The summed E-state index contributed by atoms with van der Waals surface area (Å²) in [6, 6.07) is 6.55. The van der Waals surface area contributed by atoms with Crippen molar-refractivity contribution >= 4 is 11.8 Å². The normalized spacial score (nSPS) is 19.7. The Balaban J connectivity index is 1.82. The van der Waals surface area contributed by atoms with E-state index in [-0.39, 0.29) is 6.09 Å². The lowest BCUT2D eigenvalue weighted by Gasteiger charge is -2.25. The molecule has 3 nitrogen and oxygen atoms in total. The first kappa shape index (κ1) is 13.5. The SMILES string of the molecule is CC(C)(C)OC(=O)N1CCc2cc(C3(C)CC3)ccc21. The van der Waals surface area contributed by atoms with E-state index in [2.05, 4.69) is 25.1 Å². The molecular weight excluding hydrogens is 250 g/mol. The van der Waals surface area contributed by atoms with Crippen molar-refractivity contribution in [3.63, 3.8) is 0 Å². The summed E-state index contributed by atoms with van der Waals surface area (Å²) < 4.78 is 5.48. The van der Waals surface area contributed by atoms with Crippen LogP contribution in [0.1, 0.15) is 51.7 Å². The van der Waals surface area contributed by atoms with Crippen molar-refractivity contribution in [1.29, 1.82) is 0 Å². The van der Waals surface area contributed by atoms with Gasteiger partial charge in [-0.05, 0) is 62.6 Å². The van der Waals surface area contributed by atoms with E-state index in [1.165, 1.54) is 24.0 Å². The van der Waals surface area contributed by atoms with Gasteiger partial charge in [0.1, 0.15) is 5.60 Å². The fraction of sp³-hybridized carbons (Fsp3) is 0.588. The van der Waals surface area contributed by atoms with Crippen molar-refractivity contribution in [2.75, 3.05) is 11.4 Å². The number of rotatable bonds is 1. The Kier molecular flexibility index (Phi) is 2.86. The highest BCUT2D eigenvalue weighted by atomic mass is 16.6. The van der Waals surface area contributed by atoms with Gasteiger partial charge in [0.15, 0.2) is 0 Å². The summed E-state index contributed by atoms with van der Waals surface area (Å²) >= 11 is 0. The van der Waals surface area contributed by atoms with Crippen LogP contribution in [0.2, 0.25) is 0 Å². The fourth-order valence-electron chi connectivity index (χ4n) is 2.76. The van der Waals surface area contributed by atoms with E-state index in [1.54, 1.807) is 4.90 Å². The highest BCUT2D eigenvalue weighted by molar-refractivity contribution is 5.90. The minimum absolute atomic E-state index is 0.235. The Labute approximate surface area is 120 Å². The van der Waals surface area contributed by atoms with Crippen molar-refractivity contribution in [2.24, 2.45) is 0 Å². The molecule has 0 N–H and O–H groups in total. The topological polar surface area (TPSA) is 29.5 Å². The van der Waals surface area contributed by atoms with Crippen LogP contribution in [0.25, 0.3) is 0 Å². The summed E-state index contributed by atoms with van der Waals surface area (Å²) in [5, 5.41) is 0. The first-order valence-electron chi connectivity index (χ1n) is 7.42. The second-order valence-corrected chi connectivity index (χ2v) is 7.29. The van der Waals surface area contributed by atoms with Crippen LogP contribution in [0.5, 0.6) is 0 Å². The van der Waals surface area contributed by atoms with Crippen LogP contribution in [-0.4, -0.2) is 18.2 Å². The summed E-state index contributed by atoms with van der Waals surface area (Å²) in [4.78, 5) is 14.0. The number of hydrogen-bond acceptors (Lipinski definition) is 2. The molecule has 108 valence electrons. The van der Waals surface area contributed by atoms with Crippen molar-refractivity contribution in [2.45, 2.75) is 58.0 Å². The van der Waals surface area contributed by atoms with Crippen LogP contribution in [0.3, 0.4) is 0 Å². The van der Waals surface area contributed by atoms with E-state index in [4.69, 9.17) is 4.74 Å². The lowest BCUT2D eigenvalue weighted by Crippen LogP contribution is -2.35. The van der Waals surface area contributed by atoms with Gasteiger partial charge in [-0.15, -0.1) is 0 Å². The second kappa shape index (κ2) is 4.24. The van der Waals surface area contributed by atoms with Gasteiger partial charge in [-0.2, -0.15) is 0 Å². The van der Waals surface area contributed by atoms with E-state index < -0.39 is 5.60 Å². The molecule has 0 radical (unpaired) electrons. The first-order chi connectivity index (χ1) is 9.28. The third-order valence-corrected chi connectivity index (χ3v) is 4.29. The molecule has 1 amide bonds. The molecule has 1 aromatic rings. The minimum Gasteiger partial charge on any atom is -0.443 e. The predicted octanol–water partition coefficient (Wildman–Crippen LogP) is 4.04. The molecule has 0 unspecified atom stereocenters. The number of anilines is 1. The average molecular weight is 273 g/mol. The van der Waals surface area contributed by atoms with Gasteiger partial charge in [0.05, 0.1) is 5.69 Å². The van der Waals surface area contributed by atoms with E-state index in [1.807, 2.05) is 20.8 Å². The van der Waals surface area contributed by atoms with Gasteiger partial charge in [0, 0.05) is 6.54 Å². The molecule has 20 heavy (non-hydrogen) atoms. The lowest BCUT2D eigenvalue weighted by molar-refractivity contribution is 0.0584. The van der Waals surface area contributed by atoms with Crippen LogP contribution in [0.15, 0.2) is 18.2 Å². The van der Waals surface area contributed by atoms with Gasteiger partial charge in [0.25, 0.3) is 0 Å². The summed E-state index contributed by atoms with van der Waals surface area (Å²) in [7, 11) is 0. The van der Waals surface area contributed by atoms with E-state index >= 15 is 0 Å². The van der Waals surface area contributed by atoms with Gasteiger partial charge >= 0.3 is 6.09 Å². The third kappa shape index (κ3) is 2.41. The number of carbonyl (C=O) groups excluding carboxylic acids is 1. The first-order valence-corrected chi connectivity index (χ1v) is 7.42. The molecule has 0 spiro atoms. The zero-order valence-corrected chi connectivity index (χ0v) is 12.8. The monoisotopic (exact) mass is 273 g/mol. The quantitative estimate of drug-likeness (QED) is 0.773. The van der Waals surface area contributed by atoms with Gasteiger partial charge in [-0.3, -0.25) is 4.90 Å². The smallest absolute Gasteiger partial charge is 0.414 e. The van der Waals surface area contributed by atoms with Gasteiger partial charge in [-0.25, -0.2) is 4.79 Å². The predicted molar refractivity (Wildman–Crippen MR) is 80.3 cm³/mol. The summed E-state index contributed by atoms with van der Waals surface area (Å²) in [6.07, 6.45) is 3.25. The molecule has 1 heterocycles. The Hall–Kier alpha value is -1.51. The van der Waals surface area contributed by atoms with E-state index in [0.717, 1.165) is 18.7 Å². The van der Waals surface area contributed by atoms with Crippen molar-refractivity contribution in [3.8, 4) is 0 Å². The van der Waals surface area contributed by atoms with E-state index in [9.17, 15) is 4.79 Å². The van der Waals surface area contributed by atoms with Crippen LogP contribution < -0.4 is 4.90 Å². The number of ether oxygens (including phenoxy) is 1. The Morgan fingerprint density at radius 1 is 1.30 bits per heavy atom. The average Bonchev–Trinajstić information content (AvgIpc) is 2.95. The molecule has 3 heteroatoms. The van der Waals surface area contributed by atoms with Crippen molar-refractivity contribution < 1.29 is 9.53 Å². The zero-order chi connectivity index (χ0) is 14.5. The Morgan fingerprint density at radius 3 is 2.60 bits per heavy atom. The zero-order valence-electron chi connectivity index (χ0n) is 12.8. The molecular formula is C17H23NO2. The molecule has 1 aliphatic carbocycles. The molecule has 0 bridgehead atoms. The standard InChI is InChI=1S/C17H23NO2/c1-16(2,3)20-15(19)18-10-7-12-11-13(5-6-14(12)18)17(4)8-9-17/h5-6,11H,7-10H2,1-4H3. The number of nitrogens with zero attached hydrogens (tertiary/aromatic N) is 1. The lowest BCUT2D eigenvalue weighted by atomic mass is 9.95. The maximum absolute atomic E-state index is 12.2. The van der Waals surface area contributed by atoms with Gasteiger partial charge in [-0.1, -0.05) is 19.1 Å². The number of carbonyl (C=O) groups is 1. The Bertz CT molecular complexity index is 553. The fourth-order valence-corrected chi connectivity index (χ4v) is 2.76. The van der Waals surface area contributed by atoms with E-state index in [0.29, 0.717) is 5.41 Å². The van der Waals surface area contributed by atoms with Gasteiger partial charge < -0.3 is 4.74 Å². The van der Waals surface area contributed by atoms with Crippen LogP contribution in [-0.2, 0) is 16.6 Å². The summed E-state index contributed by atoms with van der Waals surface area (Å²) in [6.45, 7) is 8.75. The molecule has 1 aromatic carbocycles. The minimum atomic E-state index is -0.443. The molecule has 2 aliphatic rings. The number of hydrogen-bond donors (Lipinski definition) is 0. The van der Waals surface area contributed by atoms with Crippen molar-refractivity contribution in [3.05, 3.63) is 29.3 Å².